The Balaban J connectivity index is 2.83. The minimum absolute atomic E-state index is 0.0545. The van der Waals surface area contributed by atoms with Crippen LogP contribution in [0.4, 0.5) is 5.69 Å². The summed E-state index contributed by atoms with van der Waals surface area (Å²) in [4.78, 5) is 22.4. The summed E-state index contributed by atoms with van der Waals surface area (Å²) in [7, 11) is 1.58. The van der Waals surface area contributed by atoms with Crippen molar-refractivity contribution in [3.8, 4) is 0 Å². The number of ketones is 1. The number of rotatable bonds is 10. The Morgan fingerprint density at radius 3 is 2.42 bits per heavy atom. The molecule has 0 aliphatic heterocycles. The minimum Gasteiger partial charge on any atom is -0.400 e. The average molecular weight is 334 g/mol. The third-order valence-electron chi connectivity index (χ3n) is 4.22. The van der Waals surface area contributed by atoms with Crippen LogP contribution in [-0.4, -0.2) is 23.4 Å². The zero-order valence-electron chi connectivity index (χ0n) is 14.6. The van der Waals surface area contributed by atoms with Gasteiger partial charge in [-0.05, 0) is 25.5 Å². The number of allylic oxidation sites excluding steroid dienone is 1. The second kappa shape index (κ2) is 9.17. The van der Waals surface area contributed by atoms with E-state index in [1.54, 1.807) is 7.11 Å². The molecule has 0 bridgehead atoms. The van der Waals surface area contributed by atoms with Gasteiger partial charge in [0.25, 0.3) is 5.69 Å². The van der Waals surface area contributed by atoms with Gasteiger partial charge in [0.05, 0.1) is 4.92 Å². The summed E-state index contributed by atoms with van der Waals surface area (Å²) in [6.07, 6.45) is 6.46. The Hall–Kier alpha value is -2.21. The molecule has 6 heteroatoms. The van der Waals surface area contributed by atoms with E-state index in [4.69, 9.17) is 10.5 Å². The molecule has 0 fully saturated rings. The van der Waals surface area contributed by atoms with Crippen molar-refractivity contribution in [1.29, 1.82) is 0 Å². The Morgan fingerprint density at radius 1 is 1.29 bits per heavy atom. The average Bonchev–Trinajstić information content (AvgIpc) is 2.58. The molecule has 6 nitrogen and oxygen atoms in total. The lowest BCUT2D eigenvalue weighted by Gasteiger charge is -2.28. The number of non-ortho nitro benzene ring substituents is 1. The van der Waals surface area contributed by atoms with Gasteiger partial charge in [-0.1, -0.05) is 32.6 Å². The first-order valence-corrected chi connectivity index (χ1v) is 8.15. The lowest BCUT2D eigenvalue weighted by Crippen LogP contribution is -2.34. The number of methoxy groups -OCH3 is 1. The van der Waals surface area contributed by atoms with Gasteiger partial charge < -0.3 is 10.5 Å². The molecule has 0 aliphatic carbocycles. The summed E-state index contributed by atoms with van der Waals surface area (Å²) < 4.78 is 5.53. The molecule has 0 aliphatic rings. The zero-order valence-corrected chi connectivity index (χ0v) is 14.6. The molecule has 0 spiro atoms. The van der Waals surface area contributed by atoms with E-state index in [0.717, 1.165) is 32.1 Å². The van der Waals surface area contributed by atoms with E-state index < -0.39 is 10.5 Å². The number of nitrogens with two attached hydrogens (primary N) is 1. The maximum atomic E-state index is 12.3. The zero-order chi connectivity index (χ0) is 18.2. The molecule has 0 aromatic heterocycles. The van der Waals surface area contributed by atoms with Gasteiger partial charge >= 0.3 is 0 Å². The normalized spacial score (nSPS) is 14.2. The Labute approximate surface area is 142 Å². The van der Waals surface area contributed by atoms with Crippen LogP contribution in [0.25, 0.3) is 0 Å². The molecule has 0 saturated carbocycles. The van der Waals surface area contributed by atoms with Crippen molar-refractivity contribution >= 4 is 11.5 Å². The highest BCUT2D eigenvalue weighted by atomic mass is 16.6. The summed E-state index contributed by atoms with van der Waals surface area (Å²) in [6.45, 7) is 4.01. The van der Waals surface area contributed by atoms with Gasteiger partial charge in [-0.3, -0.25) is 14.9 Å². The molecule has 24 heavy (non-hydrogen) atoms. The molecular weight excluding hydrogens is 308 g/mol. The van der Waals surface area contributed by atoms with Crippen LogP contribution in [-0.2, 0) is 4.74 Å². The van der Waals surface area contributed by atoms with Crippen LogP contribution in [0, 0.1) is 10.1 Å². The van der Waals surface area contributed by atoms with E-state index in [1.807, 2.05) is 6.92 Å². The van der Waals surface area contributed by atoms with Crippen LogP contribution in [0.3, 0.4) is 0 Å². The van der Waals surface area contributed by atoms with Crippen molar-refractivity contribution < 1.29 is 14.5 Å². The number of ether oxygens (including phenoxy) is 1. The Kier molecular flexibility index (Phi) is 7.58. The molecule has 0 amide bonds. The van der Waals surface area contributed by atoms with Crippen LogP contribution < -0.4 is 5.73 Å². The fourth-order valence-corrected chi connectivity index (χ4v) is 2.38. The molecule has 1 aromatic carbocycles. The summed E-state index contributed by atoms with van der Waals surface area (Å²) in [5, 5.41) is 10.6. The number of carbonyl (C=O) groups is 1. The highest BCUT2D eigenvalue weighted by Crippen LogP contribution is 2.25. The summed E-state index contributed by atoms with van der Waals surface area (Å²) in [6, 6.07) is 5.46. The van der Waals surface area contributed by atoms with E-state index >= 15 is 0 Å². The Bertz CT molecular complexity index is 596. The van der Waals surface area contributed by atoms with Crippen molar-refractivity contribution in [1.82, 2.24) is 0 Å². The largest absolute Gasteiger partial charge is 0.400 e. The number of hydrogen-bond acceptors (Lipinski definition) is 5. The van der Waals surface area contributed by atoms with Crippen LogP contribution in [0.1, 0.15) is 56.3 Å². The first-order valence-electron chi connectivity index (χ1n) is 8.15. The number of carbonyl (C=O) groups excluding carboxylic acids is 1. The van der Waals surface area contributed by atoms with E-state index in [2.05, 4.69) is 6.92 Å². The van der Waals surface area contributed by atoms with Crippen molar-refractivity contribution in [2.24, 2.45) is 5.73 Å². The van der Waals surface area contributed by atoms with Gasteiger partial charge in [-0.15, -0.1) is 0 Å². The number of unbranched alkanes of at least 4 members (excludes halogenated alkanes) is 3. The predicted octanol–water partition coefficient (Wildman–Crippen LogP) is 4.00. The quantitative estimate of drug-likeness (QED) is 0.229. The summed E-state index contributed by atoms with van der Waals surface area (Å²) >= 11 is 0. The Morgan fingerprint density at radius 2 is 1.92 bits per heavy atom. The van der Waals surface area contributed by atoms with Crippen molar-refractivity contribution in [2.75, 3.05) is 7.11 Å². The lowest BCUT2D eigenvalue weighted by molar-refractivity contribution is -0.384. The lowest BCUT2D eigenvalue weighted by atomic mass is 9.93. The molecule has 1 aromatic rings. The van der Waals surface area contributed by atoms with Crippen molar-refractivity contribution in [2.45, 2.75) is 51.6 Å². The van der Waals surface area contributed by atoms with Gasteiger partial charge in [0, 0.05) is 36.6 Å². The van der Waals surface area contributed by atoms with Crippen molar-refractivity contribution in [3.05, 3.63) is 51.7 Å². The number of hydrogen-bond donors (Lipinski definition) is 1. The van der Waals surface area contributed by atoms with E-state index in [-0.39, 0.29) is 11.5 Å². The number of benzene rings is 1. The van der Waals surface area contributed by atoms with Crippen LogP contribution in [0.15, 0.2) is 36.0 Å². The van der Waals surface area contributed by atoms with Gasteiger partial charge in [0.1, 0.15) is 5.60 Å². The first kappa shape index (κ1) is 19.8. The monoisotopic (exact) mass is 334 g/mol. The van der Waals surface area contributed by atoms with E-state index in [1.165, 1.54) is 30.3 Å². The highest BCUT2D eigenvalue weighted by molar-refractivity contribution is 6.05. The number of nitro groups is 1. The third kappa shape index (κ3) is 5.45. The van der Waals surface area contributed by atoms with Crippen LogP contribution >= 0.6 is 0 Å². The molecule has 0 heterocycles. The molecular formula is C18H26N2O4. The third-order valence-corrected chi connectivity index (χ3v) is 4.22. The SMILES string of the molecule is CCCCCCC(C)(OC)C(N)=CC(=O)c1ccc([N+](=O)[O-])cc1. The topological polar surface area (TPSA) is 95.5 Å². The molecule has 1 unspecified atom stereocenters. The first-order chi connectivity index (χ1) is 11.3. The number of nitrogens with zero attached hydrogens (tertiary/aromatic N) is 1. The molecule has 1 atom stereocenters. The van der Waals surface area contributed by atoms with Gasteiger partial charge in [-0.25, -0.2) is 0 Å². The van der Waals surface area contributed by atoms with Gasteiger partial charge in [-0.2, -0.15) is 0 Å². The number of nitro benzene ring substituents is 1. The van der Waals surface area contributed by atoms with Crippen molar-refractivity contribution in [3.63, 3.8) is 0 Å². The van der Waals surface area contributed by atoms with E-state index in [9.17, 15) is 14.9 Å². The minimum atomic E-state index is -0.690. The standard InChI is InChI=1S/C18H26N2O4/c1-4-5-6-7-12-18(2,24-3)17(19)13-16(21)14-8-10-15(11-9-14)20(22)23/h8-11,13H,4-7,12,19H2,1-3H3. The summed E-state index contributed by atoms with van der Waals surface area (Å²) in [5.41, 5.74) is 6.08. The molecule has 0 saturated heterocycles. The fourth-order valence-electron chi connectivity index (χ4n) is 2.38. The predicted molar refractivity (Wildman–Crippen MR) is 93.9 cm³/mol. The molecule has 0 radical (unpaired) electrons. The van der Waals surface area contributed by atoms with E-state index in [0.29, 0.717) is 11.3 Å². The maximum Gasteiger partial charge on any atom is 0.269 e. The summed E-state index contributed by atoms with van der Waals surface area (Å²) in [5.74, 6) is -0.292. The highest BCUT2D eigenvalue weighted by Gasteiger charge is 2.27. The van der Waals surface area contributed by atoms with Crippen LogP contribution in [0.2, 0.25) is 0 Å². The van der Waals surface area contributed by atoms with Gasteiger partial charge in [0.15, 0.2) is 5.78 Å². The van der Waals surface area contributed by atoms with Crippen LogP contribution in [0.5, 0.6) is 0 Å². The smallest absolute Gasteiger partial charge is 0.269 e. The second-order valence-electron chi connectivity index (χ2n) is 6.01. The molecule has 132 valence electrons. The van der Waals surface area contributed by atoms with Gasteiger partial charge in [0.2, 0.25) is 0 Å². The molecule has 2 N–H and O–H groups in total. The second-order valence-corrected chi connectivity index (χ2v) is 6.01. The fraction of sp³-hybridized carbons (Fsp3) is 0.500. The maximum absolute atomic E-state index is 12.3. The molecule has 1 rings (SSSR count).